The molecule has 1 unspecified atom stereocenters. The molecule has 1 aromatic carbocycles. The quantitative estimate of drug-likeness (QED) is 0.670. The zero-order valence-corrected chi connectivity index (χ0v) is 18.6. The SMILES string of the molecule is C=C(C)C(C)CN1CCC2(CC1)COc1cc(O)ccc12.CC(C)(C)C1CC1. The molecule has 156 valence electrons. The van der Waals surface area contributed by atoms with Gasteiger partial charge in [0.15, 0.2) is 0 Å². The monoisotopic (exact) mass is 385 g/mol. The van der Waals surface area contributed by atoms with Crippen LogP contribution in [0.2, 0.25) is 0 Å². The summed E-state index contributed by atoms with van der Waals surface area (Å²) in [6.07, 6.45) is 5.22. The predicted molar refractivity (Wildman–Crippen MR) is 117 cm³/mol. The van der Waals surface area contributed by atoms with E-state index in [1.165, 1.54) is 24.0 Å². The molecule has 4 rings (SSSR count). The summed E-state index contributed by atoms with van der Waals surface area (Å²) >= 11 is 0. The van der Waals surface area contributed by atoms with Gasteiger partial charge < -0.3 is 14.7 Å². The smallest absolute Gasteiger partial charge is 0.126 e. The van der Waals surface area contributed by atoms with Crippen LogP contribution in [0.4, 0.5) is 0 Å². The molecule has 1 atom stereocenters. The van der Waals surface area contributed by atoms with Crippen molar-refractivity contribution in [1.29, 1.82) is 0 Å². The van der Waals surface area contributed by atoms with Gasteiger partial charge in [-0.1, -0.05) is 45.9 Å². The summed E-state index contributed by atoms with van der Waals surface area (Å²) in [4.78, 5) is 2.54. The van der Waals surface area contributed by atoms with Gasteiger partial charge in [-0.15, -0.1) is 0 Å². The number of hydrogen-bond donors (Lipinski definition) is 1. The number of piperidine rings is 1. The topological polar surface area (TPSA) is 32.7 Å². The molecule has 0 aromatic heterocycles. The van der Waals surface area contributed by atoms with Crippen molar-refractivity contribution in [3.63, 3.8) is 0 Å². The molecule has 3 aliphatic rings. The molecule has 1 aliphatic carbocycles. The number of fused-ring (bicyclic) bond motifs is 2. The molecule has 0 radical (unpaired) electrons. The van der Waals surface area contributed by atoms with Crippen LogP contribution in [0, 0.1) is 17.3 Å². The van der Waals surface area contributed by atoms with Crippen LogP contribution in [0.5, 0.6) is 11.5 Å². The first kappa shape index (κ1) is 21.2. The third-order valence-corrected chi connectivity index (χ3v) is 7.03. The second kappa shape index (κ2) is 8.10. The van der Waals surface area contributed by atoms with Gasteiger partial charge in [0, 0.05) is 23.6 Å². The second-order valence-corrected chi connectivity index (χ2v) is 10.4. The first-order valence-electron chi connectivity index (χ1n) is 10.9. The fourth-order valence-electron chi connectivity index (χ4n) is 4.43. The molecule has 3 heteroatoms. The number of phenols is 1. The maximum Gasteiger partial charge on any atom is 0.126 e. The fourth-order valence-corrected chi connectivity index (χ4v) is 4.43. The van der Waals surface area contributed by atoms with E-state index in [-0.39, 0.29) is 5.41 Å². The summed E-state index contributed by atoms with van der Waals surface area (Å²) in [5, 5.41) is 9.58. The van der Waals surface area contributed by atoms with Crippen LogP contribution in [-0.4, -0.2) is 36.2 Å². The molecule has 0 bridgehead atoms. The van der Waals surface area contributed by atoms with E-state index in [1.807, 2.05) is 6.07 Å². The molecule has 2 aliphatic heterocycles. The Balaban J connectivity index is 0.000000271. The number of benzene rings is 1. The van der Waals surface area contributed by atoms with Gasteiger partial charge in [0.2, 0.25) is 0 Å². The van der Waals surface area contributed by atoms with Crippen LogP contribution >= 0.6 is 0 Å². The summed E-state index contributed by atoms with van der Waals surface area (Å²) in [5.41, 5.74) is 3.32. The minimum absolute atomic E-state index is 0.159. The Morgan fingerprint density at radius 2 is 1.93 bits per heavy atom. The molecule has 1 aromatic rings. The van der Waals surface area contributed by atoms with Crippen LogP contribution in [0.25, 0.3) is 0 Å². The summed E-state index contributed by atoms with van der Waals surface area (Å²) in [6, 6.07) is 5.58. The molecule has 28 heavy (non-hydrogen) atoms. The fraction of sp³-hybridized carbons (Fsp3) is 0.680. The average molecular weight is 386 g/mol. The van der Waals surface area contributed by atoms with Crippen molar-refractivity contribution >= 4 is 0 Å². The predicted octanol–water partition coefficient (Wildman–Crippen LogP) is 5.77. The Labute approximate surface area is 171 Å². The molecule has 2 fully saturated rings. The van der Waals surface area contributed by atoms with Gasteiger partial charge in [-0.2, -0.15) is 0 Å². The number of aromatic hydroxyl groups is 1. The maximum atomic E-state index is 9.58. The van der Waals surface area contributed by atoms with Gasteiger partial charge >= 0.3 is 0 Å². The van der Waals surface area contributed by atoms with E-state index in [4.69, 9.17) is 4.74 Å². The Bertz CT molecular complexity index is 691. The third kappa shape index (κ3) is 4.92. The van der Waals surface area contributed by atoms with Gasteiger partial charge in [-0.05, 0) is 69.0 Å². The van der Waals surface area contributed by atoms with E-state index in [2.05, 4.69) is 46.1 Å². The van der Waals surface area contributed by atoms with Crippen LogP contribution in [0.1, 0.15) is 65.9 Å². The molecular formula is C25H39NO2. The van der Waals surface area contributed by atoms with E-state index >= 15 is 0 Å². The van der Waals surface area contributed by atoms with Gasteiger partial charge in [0.05, 0.1) is 6.61 Å². The van der Waals surface area contributed by atoms with Crippen LogP contribution < -0.4 is 4.74 Å². The second-order valence-electron chi connectivity index (χ2n) is 10.4. The molecule has 1 saturated heterocycles. The van der Waals surface area contributed by atoms with Crippen molar-refractivity contribution in [1.82, 2.24) is 4.90 Å². The highest BCUT2D eigenvalue weighted by molar-refractivity contribution is 5.48. The Kier molecular flexibility index (Phi) is 6.14. The third-order valence-electron chi connectivity index (χ3n) is 7.03. The highest BCUT2D eigenvalue weighted by Gasteiger charge is 2.43. The van der Waals surface area contributed by atoms with Crippen molar-refractivity contribution < 1.29 is 9.84 Å². The van der Waals surface area contributed by atoms with E-state index in [0.717, 1.165) is 50.8 Å². The summed E-state index contributed by atoms with van der Waals surface area (Å²) in [6.45, 7) is 19.5. The molecule has 1 spiro atoms. The molecule has 3 nitrogen and oxygen atoms in total. The lowest BCUT2D eigenvalue weighted by Crippen LogP contribution is -2.44. The first-order valence-corrected chi connectivity index (χ1v) is 10.9. The van der Waals surface area contributed by atoms with Crippen molar-refractivity contribution in [2.24, 2.45) is 17.3 Å². The minimum atomic E-state index is 0.159. The Morgan fingerprint density at radius 1 is 1.29 bits per heavy atom. The number of rotatable bonds is 3. The number of ether oxygens (including phenoxy) is 1. The largest absolute Gasteiger partial charge is 0.508 e. The lowest BCUT2D eigenvalue weighted by Gasteiger charge is -2.39. The lowest BCUT2D eigenvalue weighted by atomic mass is 9.74. The van der Waals surface area contributed by atoms with Gasteiger partial charge in [-0.25, -0.2) is 0 Å². The average Bonchev–Trinajstić information content (AvgIpc) is 3.43. The van der Waals surface area contributed by atoms with Crippen molar-refractivity contribution in [3.8, 4) is 11.5 Å². The van der Waals surface area contributed by atoms with E-state index < -0.39 is 0 Å². The number of hydrogen-bond acceptors (Lipinski definition) is 3. The van der Waals surface area contributed by atoms with Crippen molar-refractivity contribution in [3.05, 3.63) is 35.9 Å². The minimum Gasteiger partial charge on any atom is -0.508 e. The highest BCUT2D eigenvalue weighted by atomic mass is 16.5. The van der Waals surface area contributed by atoms with Gasteiger partial charge in [-0.3, -0.25) is 0 Å². The van der Waals surface area contributed by atoms with Crippen LogP contribution in [0.3, 0.4) is 0 Å². The highest BCUT2D eigenvalue weighted by Crippen LogP contribution is 2.46. The van der Waals surface area contributed by atoms with Gasteiger partial charge in [0.25, 0.3) is 0 Å². The van der Waals surface area contributed by atoms with Crippen LogP contribution in [0.15, 0.2) is 30.4 Å². The summed E-state index contributed by atoms with van der Waals surface area (Å²) in [7, 11) is 0. The molecule has 0 amide bonds. The standard InChI is InChI=1S/C18H25NO2.C7H14/c1-13(2)14(3)11-19-8-6-18(7-9-19)12-21-17-10-15(20)4-5-16(17)18;1-7(2,3)6-4-5-6/h4-5,10,14,20H,1,6-9,11-12H2,2-3H3;6H,4-5H2,1-3H3. The number of likely N-dealkylation sites (tertiary alicyclic amines) is 1. The normalized spacial score (nSPS) is 22.0. The van der Waals surface area contributed by atoms with E-state index in [0.29, 0.717) is 17.1 Å². The summed E-state index contributed by atoms with van der Waals surface area (Å²) in [5.74, 6) is 2.77. The van der Waals surface area contributed by atoms with Gasteiger partial charge in [0.1, 0.15) is 11.5 Å². The molecule has 1 saturated carbocycles. The van der Waals surface area contributed by atoms with E-state index in [1.54, 1.807) is 12.1 Å². The van der Waals surface area contributed by atoms with Crippen molar-refractivity contribution in [2.75, 3.05) is 26.2 Å². The first-order chi connectivity index (χ1) is 13.1. The number of nitrogens with zero attached hydrogens (tertiary/aromatic N) is 1. The molecular weight excluding hydrogens is 346 g/mol. The number of phenolic OH excluding ortho intramolecular Hbond substituents is 1. The molecule has 1 N–H and O–H groups in total. The van der Waals surface area contributed by atoms with E-state index in [9.17, 15) is 5.11 Å². The van der Waals surface area contributed by atoms with Crippen LogP contribution in [-0.2, 0) is 5.41 Å². The zero-order valence-electron chi connectivity index (χ0n) is 18.6. The lowest BCUT2D eigenvalue weighted by molar-refractivity contribution is 0.127. The molecule has 2 heterocycles. The maximum absolute atomic E-state index is 9.58. The Morgan fingerprint density at radius 3 is 2.43 bits per heavy atom. The summed E-state index contributed by atoms with van der Waals surface area (Å²) < 4.78 is 5.83. The zero-order chi connectivity index (χ0) is 20.5. The Hall–Kier alpha value is -1.48. The van der Waals surface area contributed by atoms with Crippen molar-refractivity contribution in [2.45, 2.75) is 65.7 Å².